The van der Waals surface area contributed by atoms with Crippen molar-refractivity contribution in [2.45, 2.75) is 31.7 Å². The summed E-state index contributed by atoms with van der Waals surface area (Å²) in [5.74, 6) is 0.821. The van der Waals surface area contributed by atoms with E-state index in [9.17, 15) is 9.90 Å². The predicted octanol–water partition coefficient (Wildman–Crippen LogP) is 3.88. The van der Waals surface area contributed by atoms with E-state index in [1.807, 2.05) is 30.6 Å². The molecule has 3 heterocycles. The van der Waals surface area contributed by atoms with E-state index in [2.05, 4.69) is 19.9 Å². The minimum atomic E-state index is -0.593. The molecule has 0 spiro atoms. The number of anilines is 1. The van der Waals surface area contributed by atoms with Gasteiger partial charge in [-0.3, -0.25) is 0 Å². The summed E-state index contributed by atoms with van der Waals surface area (Å²) in [6.07, 6.45) is 9.23. The van der Waals surface area contributed by atoms with Crippen LogP contribution in [0.3, 0.4) is 0 Å². The summed E-state index contributed by atoms with van der Waals surface area (Å²) < 4.78 is 2.01. The zero-order chi connectivity index (χ0) is 26.4. The fourth-order valence-corrected chi connectivity index (χ4v) is 7.47. The molecule has 0 amide bonds. The van der Waals surface area contributed by atoms with Crippen LogP contribution in [0.1, 0.15) is 36.0 Å². The van der Waals surface area contributed by atoms with Crippen LogP contribution in [0.4, 0.5) is 5.95 Å². The monoisotopic (exact) mass is 608 g/mol. The van der Waals surface area contributed by atoms with Crippen molar-refractivity contribution in [3.8, 4) is 16.9 Å². The molecule has 1 saturated carbocycles. The minimum absolute atomic E-state index is 0.0798. The van der Waals surface area contributed by atoms with Crippen molar-refractivity contribution in [1.82, 2.24) is 15.0 Å². The molecular formula is C28H25AsCl2N5O2. The molecule has 38 heavy (non-hydrogen) atoms. The Morgan fingerprint density at radius 1 is 0.947 bits per heavy atom. The van der Waals surface area contributed by atoms with Gasteiger partial charge < -0.3 is 0 Å². The Bertz CT molecular complexity index is 1510. The Labute approximate surface area is 237 Å². The third kappa shape index (κ3) is 5.13. The van der Waals surface area contributed by atoms with Gasteiger partial charge in [0.1, 0.15) is 0 Å². The van der Waals surface area contributed by atoms with Crippen LogP contribution < -0.4 is 19.3 Å². The van der Waals surface area contributed by atoms with Gasteiger partial charge >= 0.3 is 238 Å². The predicted molar refractivity (Wildman–Crippen MR) is 152 cm³/mol. The second kappa shape index (κ2) is 10.5. The van der Waals surface area contributed by atoms with E-state index in [0.717, 1.165) is 75.5 Å². The van der Waals surface area contributed by atoms with E-state index in [1.54, 1.807) is 18.3 Å². The zero-order valence-corrected chi connectivity index (χ0v) is 23.8. The van der Waals surface area contributed by atoms with Gasteiger partial charge in [0.25, 0.3) is 0 Å². The molecule has 0 bridgehead atoms. The van der Waals surface area contributed by atoms with E-state index in [-0.39, 0.29) is 33.5 Å². The number of nitrogens with zero attached hydrogens (tertiary/aromatic N) is 4. The van der Waals surface area contributed by atoms with Gasteiger partial charge in [-0.2, -0.15) is 0 Å². The average Bonchev–Trinajstić information content (AvgIpc) is 3.78. The number of phenols is 1. The summed E-state index contributed by atoms with van der Waals surface area (Å²) in [5, 5.41) is 11.3. The van der Waals surface area contributed by atoms with Crippen LogP contribution in [-0.2, 0) is 0 Å². The number of carbonyl (C=O) groups is 1. The Morgan fingerprint density at radius 3 is 2.29 bits per heavy atom. The van der Waals surface area contributed by atoms with Crippen LogP contribution in [0.15, 0.2) is 48.9 Å². The summed E-state index contributed by atoms with van der Waals surface area (Å²) >= 11 is 11.8. The number of halogens is 2. The van der Waals surface area contributed by atoms with E-state index in [0.29, 0.717) is 5.56 Å². The first-order valence-corrected chi connectivity index (χ1v) is 15.2. The quantitative estimate of drug-likeness (QED) is 0.253. The zero-order valence-electron chi connectivity index (χ0n) is 20.4. The van der Waals surface area contributed by atoms with Gasteiger partial charge in [0.15, 0.2) is 0 Å². The summed E-state index contributed by atoms with van der Waals surface area (Å²) in [6, 6.07) is 9.53. The van der Waals surface area contributed by atoms with Crippen LogP contribution >= 0.6 is 23.2 Å². The first-order chi connectivity index (χ1) is 18.4. The SMILES string of the molecule is NC1CCN(c2ncc([As]c3c(C(=O)C4CC4)cnc4ccc(-c5cc(Cl)c(O)c(Cl)c5)cc34)cn2)CC1. The molecule has 193 valence electrons. The molecule has 10 heteroatoms. The Balaban J connectivity index is 1.40. The number of hydrogen-bond donors (Lipinski definition) is 2. The van der Waals surface area contributed by atoms with Crippen molar-refractivity contribution in [2.24, 2.45) is 11.7 Å². The van der Waals surface area contributed by atoms with E-state index < -0.39 is 15.8 Å². The van der Waals surface area contributed by atoms with Gasteiger partial charge in [-0.1, -0.05) is 0 Å². The Morgan fingerprint density at radius 2 is 1.63 bits per heavy atom. The van der Waals surface area contributed by atoms with E-state index >= 15 is 0 Å². The molecule has 2 aromatic carbocycles. The van der Waals surface area contributed by atoms with Crippen molar-refractivity contribution in [3.63, 3.8) is 0 Å². The number of piperidine rings is 1. The normalized spacial score (nSPS) is 16.6. The third-order valence-electron chi connectivity index (χ3n) is 7.09. The maximum absolute atomic E-state index is 13.3. The van der Waals surface area contributed by atoms with Gasteiger partial charge in [-0.15, -0.1) is 0 Å². The second-order valence-electron chi connectivity index (χ2n) is 9.86. The fraction of sp³-hybridized carbons (Fsp3) is 0.286. The summed E-state index contributed by atoms with van der Waals surface area (Å²) in [7, 11) is 0. The third-order valence-corrected chi connectivity index (χ3v) is 10.2. The topological polar surface area (TPSA) is 105 Å². The number of Topliss-reactive ketones (excluding diaryl/α,β-unsaturated/α-hetero) is 1. The molecule has 1 aliphatic carbocycles. The summed E-state index contributed by atoms with van der Waals surface area (Å²) in [6.45, 7) is 1.72. The molecule has 7 nitrogen and oxygen atoms in total. The van der Waals surface area contributed by atoms with E-state index in [4.69, 9.17) is 28.9 Å². The number of benzene rings is 2. The first-order valence-electron chi connectivity index (χ1n) is 12.6. The molecule has 6 rings (SSSR count). The van der Waals surface area contributed by atoms with Gasteiger partial charge in [-0.05, 0) is 0 Å². The van der Waals surface area contributed by atoms with Crippen LogP contribution in [0.2, 0.25) is 10.0 Å². The van der Waals surface area contributed by atoms with Crippen molar-refractivity contribution in [3.05, 3.63) is 64.5 Å². The molecule has 2 aliphatic rings. The number of nitrogens with two attached hydrogens (primary N) is 1. The molecule has 0 unspecified atom stereocenters. The molecule has 1 radical (unpaired) electrons. The van der Waals surface area contributed by atoms with Gasteiger partial charge in [0, 0.05) is 0 Å². The number of ketones is 1. The van der Waals surface area contributed by atoms with Crippen molar-refractivity contribution in [1.29, 1.82) is 0 Å². The first kappa shape index (κ1) is 25.6. The Kier molecular flexibility index (Phi) is 7.04. The number of phenolic OH excluding ortho intramolecular Hbond substituents is 1. The number of aromatic nitrogens is 3. The van der Waals surface area contributed by atoms with Crippen molar-refractivity contribution in [2.75, 3.05) is 18.0 Å². The molecule has 2 aromatic heterocycles. The number of pyridine rings is 1. The van der Waals surface area contributed by atoms with Crippen LogP contribution in [-0.4, -0.2) is 60.7 Å². The van der Waals surface area contributed by atoms with Gasteiger partial charge in [-0.25, -0.2) is 0 Å². The van der Waals surface area contributed by atoms with Gasteiger partial charge in [0.2, 0.25) is 0 Å². The van der Waals surface area contributed by atoms with Crippen molar-refractivity contribution < 1.29 is 9.90 Å². The number of aromatic hydroxyl groups is 1. The average molecular weight is 609 g/mol. The van der Waals surface area contributed by atoms with Crippen LogP contribution in [0.25, 0.3) is 22.0 Å². The van der Waals surface area contributed by atoms with Crippen LogP contribution in [0, 0.1) is 5.92 Å². The molecule has 3 N–H and O–H groups in total. The Hall–Kier alpha value is -2.70. The van der Waals surface area contributed by atoms with E-state index in [1.165, 1.54) is 0 Å². The standard InChI is InChI=1S/C28H25AsCl2N5O2/c30-22-10-17(11-23(31)27(22)38)16-3-4-24-20(9-16)25(21(14-33-24)26(37)15-1-2-15)29-18-12-34-28(35-13-18)36-7-5-19(32)6-8-36/h3-4,9-15,19,38H,1-2,5-8,32H2. The molecule has 2 fully saturated rings. The molecule has 0 atom stereocenters. The number of fused-ring (bicyclic) bond motifs is 1. The summed E-state index contributed by atoms with van der Waals surface area (Å²) in [4.78, 5) is 29.4. The second-order valence-corrected chi connectivity index (χ2v) is 13.2. The molecule has 4 aromatic rings. The van der Waals surface area contributed by atoms with Crippen LogP contribution in [0.5, 0.6) is 5.75 Å². The van der Waals surface area contributed by atoms with Crippen molar-refractivity contribution >= 4 is 70.3 Å². The van der Waals surface area contributed by atoms with Gasteiger partial charge in [0.05, 0.1) is 0 Å². The number of rotatable bonds is 6. The fourth-order valence-electron chi connectivity index (χ4n) is 4.72. The molecular weight excluding hydrogens is 584 g/mol. The summed E-state index contributed by atoms with van der Waals surface area (Å²) in [5.41, 5.74) is 9.19. The molecule has 1 saturated heterocycles. The molecule has 1 aliphatic heterocycles. The maximum atomic E-state index is 13.3. The number of carbonyl (C=O) groups excluding carboxylic acids is 1. The number of hydrogen-bond acceptors (Lipinski definition) is 7.